The Kier molecular flexibility index (Phi) is 8.82. The van der Waals surface area contributed by atoms with E-state index in [9.17, 15) is 9.18 Å². The van der Waals surface area contributed by atoms with Crippen LogP contribution in [0, 0.1) is 17.1 Å². The zero-order valence-electron chi connectivity index (χ0n) is 17.4. The van der Waals surface area contributed by atoms with Crippen LogP contribution in [0.4, 0.5) is 4.39 Å². The van der Waals surface area contributed by atoms with Crippen molar-refractivity contribution in [2.24, 2.45) is 0 Å². The molecule has 0 saturated carbocycles. The predicted octanol–water partition coefficient (Wildman–Crippen LogP) is 5.55. The lowest BCUT2D eigenvalue weighted by molar-refractivity contribution is -0.133. The molecule has 1 amide bonds. The van der Waals surface area contributed by atoms with E-state index in [-0.39, 0.29) is 23.9 Å². The van der Waals surface area contributed by atoms with Crippen LogP contribution in [0.5, 0.6) is 0 Å². The highest BCUT2D eigenvalue weighted by atomic mass is 19.1. The zero-order chi connectivity index (χ0) is 21.2. The standard InChI is InChI=1S/C22H23FN2O2.C2H6/c1-2-14-27-22(18-7-5-16(15-24)6-8-18)21(25-13-3-4-20(25)26)17-9-11-19(23)12-10-17;1-2/h5-12,21-22H,2-4,13-14H2,1H3;1-2H3/t21?,22-;/m0./s1. The predicted molar refractivity (Wildman–Crippen MR) is 112 cm³/mol. The maximum Gasteiger partial charge on any atom is 0.223 e. The minimum Gasteiger partial charge on any atom is -0.371 e. The first-order valence-electron chi connectivity index (χ1n) is 10.3. The Morgan fingerprint density at radius 3 is 2.24 bits per heavy atom. The molecule has 29 heavy (non-hydrogen) atoms. The number of ether oxygens (including phenoxy) is 1. The third-order valence-electron chi connectivity index (χ3n) is 4.81. The lowest BCUT2D eigenvalue weighted by Crippen LogP contribution is -2.35. The number of amides is 1. The average molecular weight is 397 g/mol. The van der Waals surface area contributed by atoms with E-state index in [0.717, 1.165) is 24.0 Å². The number of carbonyl (C=O) groups is 1. The van der Waals surface area contributed by atoms with Crippen LogP contribution < -0.4 is 0 Å². The third kappa shape index (κ3) is 5.65. The summed E-state index contributed by atoms with van der Waals surface area (Å²) in [6, 6.07) is 15.3. The topological polar surface area (TPSA) is 53.3 Å². The molecule has 0 bridgehead atoms. The molecule has 1 unspecified atom stereocenters. The minimum absolute atomic E-state index is 0.0862. The quantitative estimate of drug-likeness (QED) is 0.616. The van der Waals surface area contributed by atoms with E-state index in [1.165, 1.54) is 12.1 Å². The number of carbonyl (C=O) groups excluding carboxylic acids is 1. The fourth-order valence-corrected chi connectivity index (χ4v) is 3.50. The number of benzene rings is 2. The summed E-state index contributed by atoms with van der Waals surface area (Å²) in [4.78, 5) is 14.4. The van der Waals surface area contributed by atoms with Gasteiger partial charge < -0.3 is 9.64 Å². The molecule has 0 radical (unpaired) electrons. The molecule has 5 heteroatoms. The molecule has 2 aromatic rings. The van der Waals surface area contributed by atoms with E-state index in [2.05, 4.69) is 6.07 Å². The molecule has 0 spiro atoms. The number of hydrogen-bond acceptors (Lipinski definition) is 3. The van der Waals surface area contributed by atoms with Crippen molar-refractivity contribution in [3.8, 4) is 6.07 Å². The van der Waals surface area contributed by atoms with Crippen molar-refractivity contribution in [2.75, 3.05) is 13.2 Å². The Morgan fingerprint density at radius 2 is 1.72 bits per heavy atom. The van der Waals surface area contributed by atoms with Crippen molar-refractivity contribution >= 4 is 5.91 Å². The van der Waals surface area contributed by atoms with Crippen molar-refractivity contribution in [2.45, 2.75) is 52.2 Å². The molecule has 0 aromatic heterocycles. The van der Waals surface area contributed by atoms with E-state index in [1.54, 1.807) is 24.3 Å². The first-order valence-corrected chi connectivity index (χ1v) is 10.3. The van der Waals surface area contributed by atoms with Gasteiger partial charge in [0.2, 0.25) is 5.91 Å². The number of likely N-dealkylation sites (tertiary alicyclic amines) is 1. The monoisotopic (exact) mass is 396 g/mol. The summed E-state index contributed by atoms with van der Waals surface area (Å²) in [5.74, 6) is -0.224. The summed E-state index contributed by atoms with van der Waals surface area (Å²) >= 11 is 0. The van der Waals surface area contributed by atoms with Gasteiger partial charge in [-0.3, -0.25) is 4.79 Å². The highest BCUT2D eigenvalue weighted by Gasteiger charge is 2.36. The second-order valence-corrected chi connectivity index (χ2v) is 6.71. The van der Waals surface area contributed by atoms with Gasteiger partial charge >= 0.3 is 0 Å². The number of nitrogens with zero attached hydrogens (tertiary/aromatic N) is 2. The average Bonchev–Trinajstić information content (AvgIpc) is 3.19. The smallest absolute Gasteiger partial charge is 0.223 e. The molecule has 0 aliphatic carbocycles. The molecule has 154 valence electrons. The third-order valence-corrected chi connectivity index (χ3v) is 4.81. The van der Waals surface area contributed by atoms with Crippen LogP contribution in [0.25, 0.3) is 0 Å². The summed E-state index contributed by atoms with van der Waals surface area (Å²) in [7, 11) is 0. The van der Waals surface area contributed by atoms with Gasteiger partial charge in [-0.15, -0.1) is 0 Å². The van der Waals surface area contributed by atoms with Gasteiger partial charge in [0.05, 0.1) is 17.7 Å². The first kappa shape index (κ1) is 22.6. The molecule has 2 aromatic carbocycles. The van der Waals surface area contributed by atoms with Gasteiger partial charge in [-0.05, 0) is 48.2 Å². The summed E-state index contributed by atoms with van der Waals surface area (Å²) in [6.07, 6.45) is 1.79. The van der Waals surface area contributed by atoms with Crippen LogP contribution in [0.15, 0.2) is 48.5 Å². The van der Waals surface area contributed by atoms with Crippen LogP contribution in [0.2, 0.25) is 0 Å². The molecule has 2 atom stereocenters. The van der Waals surface area contributed by atoms with Crippen LogP contribution in [0.3, 0.4) is 0 Å². The highest BCUT2D eigenvalue weighted by molar-refractivity contribution is 5.78. The van der Waals surface area contributed by atoms with Gasteiger partial charge in [0.15, 0.2) is 0 Å². The number of nitriles is 1. The van der Waals surface area contributed by atoms with Gasteiger partial charge in [0.1, 0.15) is 11.9 Å². The van der Waals surface area contributed by atoms with Gasteiger partial charge in [-0.2, -0.15) is 5.26 Å². The van der Waals surface area contributed by atoms with Crippen LogP contribution in [-0.2, 0) is 9.53 Å². The Morgan fingerprint density at radius 1 is 1.10 bits per heavy atom. The molecule has 1 aliphatic rings. The van der Waals surface area contributed by atoms with Gasteiger partial charge in [-0.1, -0.05) is 45.0 Å². The van der Waals surface area contributed by atoms with Gasteiger partial charge in [-0.25, -0.2) is 4.39 Å². The highest BCUT2D eigenvalue weighted by Crippen LogP contribution is 2.39. The minimum atomic E-state index is -0.384. The van der Waals surface area contributed by atoms with Gasteiger partial charge in [0.25, 0.3) is 0 Å². The Hall–Kier alpha value is -2.71. The maximum absolute atomic E-state index is 13.5. The molecular weight excluding hydrogens is 367 g/mol. The molecule has 1 saturated heterocycles. The lowest BCUT2D eigenvalue weighted by Gasteiger charge is -2.35. The zero-order valence-corrected chi connectivity index (χ0v) is 17.4. The second kappa shape index (κ2) is 11.3. The summed E-state index contributed by atoms with van der Waals surface area (Å²) in [5, 5.41) is 9.06. The second-order valence-electron chi connectivity index (χ2n) is 6.71. The van der Waals surface area contributed by atoms with E-state index < -0.39 is 0 Å². The molecule has 3 rings (SSSR count). The fraction of sp³-hybridized carbons (Fsp3) is 0.417. The molecule has 1 fully saturated rings. The molecular formula is C24H29FN2O2. The summed E-state index contributed by atoms with van der Waals surface area (Å²) in [6.45, 7) is 7.23. The number of rotatable bonds is 7. The first-order chi connectivity index (χ1) is 14.1. The SMILES string of the molecule is CC.CCCO[C@@H](c1ccc(C#N)cc1)C(c1ccc(F)cc1)N1CCCC1=O. The molecule has 1 heterocycles. The van der Waals surface area contributed by atoms with E-state index in [0.29, 0.717) is 25.1 Å². The van der Waals surface area contributed by atoms with Crippen molar-refractivity contribution in [3.63, 3.8) is 0 Å². The number of hydrogen-bond donors (Lipinski definition) is 0. The van der Waals surface area contributed by atoms with E-state index in [1.807, 2.05) is 37.8 Å². The summed E-state index contributed by atoms with van der Waals surface area (Å²) < 4.78 is 19.7. The van der Waals surface area contributed by atoms with Crippen LogP contribution in [0.1, 0.15) is 68.9 Å². The van der Waals surface area contributed by atoms with E-state index >= 15 is 0 Å². The molecule has 0 N–H and O–H groups in total. The maximum atomic E-state index is 13.5. The normalized spacial score (nSPS) is 15.3. The van der Waals surface area contributed by atoms with Crippen molar-refractivity contribution in [1.29, 1.82) is 5.26 Å². The van der Waals surface area contributed by atoms with Crippen LogP contribution in [-0.4, -0.2) is 24.0 Å². The number of halogens is 1. The van der Waals surface area contributed by atoms with E-state index in [4.69, 9.17) is 10.00 Å². The Labute approximate surface area is 172 Å². The van der Waals surface area contributed by atoms with Crippen molar-refractivity contribution in [3.05, 3.63) is 71.0 Å². The fourth-order valence-electron chi connectivity index (χ4n) is 3.50. The largest absolute Gasteiger partial charge is 0.371 e. The van der Waals surface area contributed by atoms with Gasteiger partial charge in [0, 0.05) is 19.6 Å². The van der Waals surface area contributed by atoms with Crippen molar-refractivity contribution in [1.82, 2.24) is 4.90 Å². The Bertz CT molecular complexity index is 812. The Balaban J connectivity index is 0.00000145. The lowest BCUT2D eigenvalue weighted by atomic mass is 9.93. The van der Waals surface area contributed by atoms with Crippen LogP contribution >= 0.6 is 0 Å². The molecule has 1 aliphatic heterocycles. The molecule has 4 nitrogen and oxygen atoms in total. The van der Waals surface area contributed by atoms with Crippen molar-refractivity contribution < 1.29 is 13.9 Å². The summed E-state index contributed by atoms with van der Waals surface area (Å²) in [5.41, 5.74) is 2.32.